The van der Waals surface area contributed by atoms with Crippen molar-refractivity contribution in [3.63, 3.8) is 0 Å². The molecule has 0 aliphatic heterocycles. The Labute approximate surface area is 81.5 Å². The molecule has 13 heavy (non-hydrogen) atoms. The second kappa shape index (κ2) is 6.05. The molecule has 0 spiro atoms. The van der Waals surface area contributed by atoms with E-state index in [0.29, 0.717) is 5.92 Å². The lowest BCUT2D eigenvalue weighted by Crippen LogP contribution is -2.18. The van der Waals surface area contributed by atoms with Gasteiger partial charge >= 0.3 is 0 Å². The van der Waals surface area contributed by atoms with E-state index >= 15 is 0 Å². The molecule has 1 aliphatic rings. The van der Waals surface area contributed by atoms with Crippen molar-refractivity contribution in [1.82, 2.24) is 0 Å². The van der Waals surface area contributed by atoms with Crippen LogP contribution in [-0.4, -0.2) is 11.2 Å². The van der Waals surface area contributed by atoms with E-state index in [0.717, 1.165) is 19.3 Å². The normalized spacial score (nSPS) is 28.8. The topological polar surface area (TPSA) is 20.2 Å². The van der Waals surface area contributed by atoms with E-state index in [1.807, 2.05) is 6.92 Å². The van der Waals surface area contributed by atoms with Crippen molar-refractivity contribution in [2.45, 2.75) is 58.0 Å². The van der Waals surface area contributed by atoms with Gasteiger partial charge in [0.1, 0.15) is 0 Å². The number of rotatable bonds is 2. The number of aliphatic hydroxyl groups excluding tert-OH is 1. The third kappa shape index (κ3) is 3.83. The lowest BCUT2D eigenvalue weighted by molar-refractivity contribution is 0.0966. The van der Waals surface area contributed by atoms with Gasteiger partial charge in [-0.1, -0.05) is 19.3 Å². The Hall–Kier alpha value is -0.480. The van der Waals surface area contributed by atoms with Crippen LogP contribution in [0, 0.1) is 17.8 Å². The third-order valence-electron chi connectivity index (χ3n) is 2.94. The SMILES string of the molecule is CC#CCCC1CCCCCC1O. The van der Waals surface area contributed by atoms with Gasteiger partial charge in [0, 0.05) is 6.42 Å². The molecule has 1 heteroatoms. The van der Waals surface area contributed by atoms with Crippen molar-refractivity contribution in [2.75, 3.05) is 0 Å². The second-order valence-corrected chi connectivity index (χ2v) is 3.93. The summed E-state index contributed by atoms with van der Waals surface area (Å²) in [6.07, 6.45) is 7.99. The van der Waals surface area contributed by atoms with Crippen molar-refractivity contribution >= 4 is 0 Å². The summed E-state index contributed by atoms with van der Waals surface area (Å²) in [7, 11) is 0. The zero-order valence-corrected chi connectivity index (χ0v) is 8.55. The highest BCUT2D eigenvalue weighted by Crippen LogP contribution is 2.26. The molecular weight excluding hydrogens is 160 g/mol. The maximum Gasteiger partial charge on any atom is 0.0568 e. The quantitative estimate of drug-likeness (QED) is 0.511. The summed E-state index contributed by atoms with van der Waals surface area (Å²) in [4.78, 5) is 0. The predicted molar refractivity (Wildman–Crippen MR) is 55.3 cm³/mol. The maximum absolute atomic E-state index is 9.80. The van der Waals surface area contributed by atoms with E-state index in [9.17, 15) is 5.11 Å². The lowest BCUT2D eigenvalue weighted by atomic mass is 9.92. The van der Waals surface area contributed by atoms with Crippen LogP contribution in [0.1, 0.15) is 51.9 Å². The van der Waals surface area contributed by atoms with Gasteiger partial charge in [-0.25, -0.2) is 0 Å². The van der Waals surface area contributed by atoms with Crippen LogP contribution in [0.4, 0.5) is 0 Å². The second-order valence-electron chi connectivity index (χ2n) is 3.93. The summed E-state index contributed by atoms with van der Waals surface area (Å²) < 4.78 is 0. The van der Waals surface area contributed by atoms with Crippen LogP contribution in [0.15, 0.2) is 0 Å². The number of aliphatic hydroxyl groups is 1. The van der Waals surface area contributed by atoms with Crippen LogP contribution in [0.25, 0.3) is 0 Å². The van der Waals surface area contributed by atoms with Gasteiger partial charge in [-0.2, -0.15) is 0 Å². The minimum absolute atomic E-state index is 0.0545. The van der Waals surface area contributed by atoms with E-state index in [-0.39, 0.29) is 6.10 Å². The minimum Gasteiger partial charge on any atom is -0.393 e. The van der Waals surface area contributed by atoms with Crippen LogP contribution in [0.3, 0.4) is 0 Å². The first-order valence-corrected chi connectivity index (χ1v) is 5.42. The van der Waals surface area contributed by atoms with Crippen LogP contribution in [0.2, 0.25) is 0 Å². The zero-order chi connectivity index (χ0) is 9.52. The van der Waals surface area contributed by atoms with Crippen molar-refractivity contribution < 1.29 is 5.11 Å². The van der Waals surface area contributed by atoms with E-state index in [1.165, 1.54) is 25.7 Å². The molecule has 0 aromatic rings. The fraction of sp³-hybridized carbons (Fsp3) is 0.833. The molecule has 1 rings (SSSR count). The first kappa shape index (κ1) is 10.6. The highest BCUT2D eigenvalue weighted by atomic mass is 16.3. The molecule has 0 aromatic carbocycles. The van der Waals surface area contributed by atoms with Gasteiger partial charge in [0.2, 0.25) is 0 Å². The highest BCUT2D eigenvalue weighted by Gasteiger charge is 2.20. The number of hydrogen-bond donors (Lipinski definition) is 1. The van der Waals surface area contributed by atoms with Gasteiger partial charge in [0.05, 0.1) is 6.10 Å². The van der Waals surface area contributed by atoms with E-state index < -0.39 is 0 Å². The van der Waals surface area contributed by atoms with E-state index in [2.05, 4.69) is 11.8 Å². The summed E-state index contributed by atoms with van der Waals surface area (Å²) in [6.45, 7) is 1.88. The lowest BCUT2D eigenvalue weighted by Gasteiger charge is -2.18. The molecule has 1 N–H and O–H groups in total. The summed E-state index contributed by atoms with van der Waals surface area (Å²) in [5.74, 6) is 6.50. The Morgan fingerprint density at radius 3 is 2.77 bits per heavy atom. The molecule has 74 valence electrons. The van der Waals surface area contributed by atoms with Gasteiger partial charge in [0.25, 0.3) is 0 Å². The predicted octanol–water partition coefficient (Wildman–Crippen LogP) is 2.73. The summed E-state index contributed by atoms with van der Waals surface area (Å²) in [6, 6.07) is 0. The Balaban J connectivity index is 2.30. The largest absolute Gasteiger partial charge is 0.393 e. The monoisotopic (exact) mass is 180 g/mol. The Kier molecular flexibility index (Phi) is 4.93. The average molecular weight is 180 g/mol. The third-order valence-corrected chi connectivity index (χ3v) is 2.94. The Morgan fingerprint density at radius 1 is 1.23 bits per heavy atom. The minimum atomic E-state index is -0.0545. The summed E-state index contributed by atoms with van der Waals surface area (Å²) in [5.41, 5.74) is 0. The van der Waals surface area contributed by atoms with Crippen molar-refractivity contribution in [2.24, 2.45) is 5.92 Å². The first-order valence-electron chi connectivity index (χ1n) is 5.42. The van der Waals surface area contributed by atoms with Crippen LogP contribution < -0.4 is 0 Å². The molecule has 1 nitrogen and oxygen atoms in total. The molecule has 0 aromatic heterocycles. The van der Waals surface area contributed by atoms with Gasteiger partial charge in [-0.3, -0.25) is 0 Å². The highest BCUT2D eigenvalue weighted by molar-refractivity contribution is 4.95. The van der Waals surface area contributed by atoms with Gasteiger partial charge in [-0.15, -0.1) is 11.8 Å². The van der Waals surface area contributed by atoms with Gasteiger partial charge < -0.3 is 5.11 Å². The zero-order valence-electron chi connectivity index (χ0n) is 8.55. The van der Waals surface area contributed by atoms with E-state index in [1.54, 1.807) is 0 Å². The van der Waals surface area contributed by atoms with Crippen LogP contribution in [-0.2, 0) is 0 Å². The average Bonchev–Trinajstić information content (AvgIpc) is 2.32. The molecule has 2 unspecified atom stereocenters. The van der Waals surface area contributed by atoms with Crippen LogP contribution in [0.5, 0.6) is 0 Å². The Bertz CT molecular complexity index is 187. The van der Waals surface area contributed by atoms with Crippen LogP contribution >= 0.6 is 0 Å². The standard InChI is InChI=1S/C12H20O/c1-2-3-5-8-11-9-6-4-7-10-12(11)13/h11-13H,4-10H2,1H3. The molecule has 0 saturated heterocycles. The van der Waals surface area contributed by atoms with Crippen molar-refractivity contribution in [3.8, 4) is 11.8 Å². The summed E-state index contributed by atoms with van der Waals surface area (Å²) in [5, 5.41) is 9.80. The number of hydrogen-bond acceptors (Lipinski definition) is 1. The molecule has 0 bridgehead atoms. The fourth-order valence-corrected chi connectivity index (χ4v) is 2.08. The molecule has 1 saturated carbocycles. The molecule has 2 atom stereocenters. The Morgan fingerprint density at radius 2 is 2.00 bits per heavy atom. The first-order chi connectivity index (χ1) is 6.34. The smallest absolute Gasteiger partial charge is 0.0568 e. The van der Waals surface area contributed by atoms with E-state index in [4.69, 9.17) is 0 Å². The molecule has 1 aliphatic carbocycles. The molecule has 1 fully saturated rings. The summed E-state index contributed by atoms with van der Waals surface area (Å²) >= 11 is 0. The van der Waals surface area contributed by atoms with Gasteiger partial charge in [-0.05, 0) is 32.1 Å². The fourth-order valence-electron chi connectivity index (χ4n) is 2.08. The maximum atomic E-state index is 9.80. The van der Waals surface area contributed by atoms with Gasteiger partial charge in [0.15, 0.2) is 0 Å². The van der Waals surface area contributed by atoms with Crippen molar-refractivity contribution in [3.05, 3.63) is 0 Å². The van der Waals surface area contributed by atoms with Crippen molar-refractivity contribution in [1.29, 1.82) is 0 Å². The molecule has 0 radical (unpaired) electrons. The molecular formula is C12H20O. The molecule has 0 heterocycles. The molecule has 0 amide bonds.